The highest BCUT2D eigenvalue weighted by Crippen LogP contribution is 2.40. The molecule has 3 fully saturated rings. The van der Waals surface area contributed by atoms with E-state index in [1.54, 1.807) is 0 Å². The van der Waals surface area contributed by atoms with Gasteiger partial charge in [0.25, 0.3) is 0 Å². The lowest BCUT2D eigenvalue weighted by Crippen LogP contribution is -2.39. The van der Waals surface area contributed by atoms with Crippen LogP contribution in [-0.2, 0) is 9.84 Å². The molecule has 3 aliphatic rings. The fourth-order valence-electron chi connectivity index (χ4n) is 6.44. The van der Waals surface area contributed by atoms with Gasteiger partial charge in [-0.2, -0.15) is 0 Å². The van der Waals surface area contributed by atoms with Crippen molar-refractivity contribution in [3.63, 3.8) is 0 Å². The van der Waals surface area contributed by atoms with E-state index >= 15 is 0 Å². The van der Waals surface area contributed by atoms with E-state index in [0.29, 0.717) is 24.0 Å². The highest BCUT2D eigenvalue weighted by molar-refractivity contribution is 7.92. The molecule has 0 amide bonds. The Bertz CT molecular complexity index is 1670. The molecule has 216 valence electrons. The summed E-state index contributed by atoms with van der Waals surface area (Å²) in [5.41, 5.74) is 7.37. The van der Waals surface area contributed by atoms with Crippen LogP contribution in [0.4, 0.5) is 5.69 Å². The van der Waals surface area contributed by atoms with E-state index in [1.807, 2.05) is 30.3 Å². The van der Waals surface area contributed by atoms with E-state index in [9.17, 15) is 8.42 Å². The monoisotopic (exact) mass is 579 g/mol. The zero-order chi connectivity index (χ0) is 28.5. The molecular formula is C34H37N5O2S. The van der Waals surface area contributed by atoms with Gasteiger partial charge in [0.05, 0.1) is 11.6 Å². The highest BCUT2D eigenvalue weighted by atomic mass is 32.2. The summed E-state index contributed by atoms with van der Waals surface area (Å²) in [6, 6.07) is 31.5. The van der Waals surface area contributed by atoms with Gasteiger partial charge in [0.15, 0.2) is 5.50 Å². The summed E-state index contributed by atoms with van der Waals surface area (Å²) in [4.78, 5) is 2.68. The van der Waals surface area contributed by atoms with E-state index < -0.39 is 15.3 Å². The first-order valence-corrected chi connectivity index (χ1v) is 16.5. The Morgan fingerprint density at radius 2 is 1.43 bits per heavy atom. The lowest BCUT2D eigenvalue weighted by molar-refractivity contribution is 0.561. The van der Waals surface area contributed by atoms with E-state index in [0.717, 1.165) is 78.2 Å². The summed E-state index contributed by atoms with van der Waals surface area (Å²) in [5, 5.41) is 13.3. The highest BCUT2D eigenvalue weighted by Gasteiger charge is 2.33. The van der Waals surface area contributed by atoms with Crippen LogP contribution in [0.5, 0.6) is 0 Å². The lowest BCUT2D eigenvalue weighted by Gasteiger charge is -2.23. The third kappa shape index (κ3) is 5.25. The second-order valence-corrected chi connectivity index (χ2v) is 13.3. The number of nitrogens with zero attached hydrogens (tertiary/aromatic N) is 1. The van der Waals surface area contributed by atoms with Crippen LogP contribution in [0.25, 0.3) is 33.4 Å². The topological polar surface area (TPSA) is 85.5 Å². The molecule has 8 heteroatoms. The van der Waals surface area contributed by atoms with Gasteiger partial charge in [0, 0.05) is 49.0 Å². The van der Waals surface area contributed by atoms with Crippen LogP contribution in [0, 0.1) is 0 Å². The fourth-order valence-corrected chi connectivity index (χ4v) is 8.15. The van der Waals surface area contributed by atoms with Gasteiger partial charge >= 0.3 is 0 Å². The molecule has 0 bridgehead atoms. The molecule has 7 nitrogen and oxygen atoms in total. The molecule has 3 heterocycles. The minimum atomic E-state index is -3.73. The number of hydrogen-bond acceptors (Lipinski definition) is 7. The van der Waals surface area contributed by atoms with Crippen molar-refractivity contribution in [2.75, 3.05) is 44.3 Å². The maximum absolute atomic E-state index is 14.2. The zero-order valence-corrected chi connectivity index (χ0v) is 24.5. The largest absolute Gasteiger partial charge is 0.357 e. The van der Waals surface area contributed by atoms with E-state index in [4.69, 9.17) is 0 Å². The summed E-state index contributed by atoms with van der Waals surface area (Å²) in [7, 11) is -3.73. The predicted octanol–water partition coefficient (Wildman–Crippen LogP) is 4.73. The van der Waals surface area contributed by atoms with Crippen molar-refractivity contribution in [3.8, 4) is 33.4 Å². The molecule has 4 aromatic carbocycles. The van der Waals surface area contributed by atoms with Crippen LogP contribution in [0.1, 0.15) is 24.4 Å². The van der Waals surface area contributed by atoms with Crippen LogP contribution in [-0.4, -0.2) is 53.3 Å². The average Bonchev–Trinajstić information content (AvgIpc) is 3.85. The molecule has 42 heavy (non-hydrogen) atoms. The van der Waals surface area contributed by atoms with Gasteiger partial charge in [-0.3, -0.25) is 16.0 Å². The molecular weight excluding hydrogens is 542 g/mol. The Hall–Kier alpha value is -3.53. The average molecular weight is 580 g/mol. The zero-order valence-electron chi connectivity index (χ0n) is 23.6. The van der Waals surface area contributed by atoms with Gasteiger partial charge in [-0.25, -0.2) is 8.42 Å². The predicted molar refractivity (Wildman–Crippen MR) is 170 cm³/mol. The Morgan fingerprint density at radius 3 is 2.19 bits per heavy atom. The summed E-state index contributed by atoms with van der Waals surface area (Å²) in [6.07, 6.45) is 2.25. The first kappa shape index (κ1) is 27.3. The third-order valence-electron chi connectivity index (χ3n) is 8.66. The van der Waals surface area contributed by atoms with Crippen LogP contribution in [0.3, 0.4) is 0 Å². The third-order valence-corrected chi connectivity index (χ3v) is 10.6. The Morgan fingerprint density at radius 1 is 0.667 bits per heavy atom. The normalized spacial score (nSPS) is 19.5. The van der Waals surface area contributed by atoms with Gasteiger partial charge in [-0.15, -0.1) is 0 Å². The number of sulfone groups is 1. The van der Waals surface area contributed by atoms with E-state index in [2.05, 4.69) is 86.8 Å². The van der Waals surface area contributed by atoms with Gasteiger partial charge in [0.2, 0.25) is 9.84 Å². The second kappa shape index (κ2) is 11.6. The van der Waals surface area contributed by atoms with Crippen LogP contribution < -0.4 is 26.2 Å². The van der Waals surface area contributed by atoms with Gasteiger partial charge in [-0.05, 0) is 65.4 Å². The van der Waals surface area contributed by atoms with Crippen molar-refractivity contribution < 1.29 is 8.42 Å². The molecule has 0 saturated carbocycles. The summed E-state index contributed by atoms with van der Waals surface area (Å²) in [6.45, 7) is 4.82. The van der Waals surface area contributed by atoms with Crippen molar-refractivity contribution in [1.82, 2.24) is 21.3 Å². The van der Waals surface area contributed by atoms with Gasteiger partial charge < -0.3 is 10.2 Å². The maximum Gasteiger partial charge on any atom is 0.208 e. The quantitative estimate of drug-likeness (QED) is 0.252. The first-order chi connectivity index (χ1) is 20.6. The van der Waals surface area contributed by atoms with Crippen LogP contribution in [0.15, 0.2) is 95.9 Å². The number of rotatable bonds is 7. The molecule has 7 rings (SSSR count). The van der Waals surface area contributed by atoms with Gasteiger partial charge in [-0.1, -0.05) is 72.8 Å². The summed E-state index contributed by atoms with van der Waals surface area (Å²) in [5.74, 6) is 0. The molecule has 4 aromatic rings. The first-order valence-electron chi connectivity index (χ1n) is 14.9. The van der Waals surface area contributed by atoms with E-state index in [1.165, 1.54) is 5.56 Å². The van der Waals surface area contributed by atoms with E-state index in [-0.39, 0.29) is 0 Å². The fraction of sp³-hybridized carbons (Fsp3) is 0.294. The molecule has 0 spiro atoms. The number of hydrogen-bond donors (Lipinski definition) is 4. The Labute approximate surface area is 248 Å². The molecule has 3 saturated heterocycles. The number of nitrogens with one attached hydrogen (secondary N) is 4. The summed E-state index contributed by atoms with van der Waals surface area (Å²) < 4.78 is 28.4. The molecule has 1 atom stereocenters. The van der Waals surface area contributed by atoms with Crippen molar-refractivity contribution in [3.05, 3.63) is 96.6 Å². The second-order valence-electron chi connectivity index (χ2n) is 11.3. The van der Waals surface area contributed by atoms with Gasteiger partial charge in [0.1, 0.15) is 0 Å². The standard InChI is InChI=1S/C34H37N5O2S/c40-42(41,34-37-16-17-38-34)33-22-27(12-14-30(33)26-8-4-9-28(20-26)31-10-5-15-36-31)29-13-11-25(24-6-2-1-3-7-24)21-32(29)39-19-18-35-23-39/h1-4,6-9,11-14,20-22,31,34-38H,5,10,15-19,23H2. The number of anilines is 1. The smallest absolute Gasteiger partial charge is 0.208 e. The molecule has 1 unspecified atom stereocenters. The maximum atomic E-state index is 14.2. The number of benzene rings is 4. The minimum absolute atomic E-state index is 0.308. The lowest BCUT2D eigenvalue weighted by atomic mass is 9.94. The molecule has 4 N–H and O–H groups in total. The molecule has 0 aromatic heterocycles. The van der Waals surface area contributed by atoms with Crippen LogP contribution >= 0.6 is 0 Å². The summed E-state index contributed by atoms with van der Waals surface area (Å²) >= 11 is 0. The van der Waals surface area contributed by atoms with Crippen LogP contribution in [0.2, 0.25) is 0 Å². The van der Waals surface area contributed by atoms with Crippen molar-refractivity contribution >= 4 is 15.5 Å². The van der Waals surface area contributed by atoms with Crippen molar-refractivity contribution in [1.29, 1.82) is 0 Å². The molecule has 0 aliphatic carbocycles. The molecule has 3 aliphatic heterocycles. The van der Waals surface area contributed by atoms with Crippen molar-refractivity contribution in [2.45, 2.75) is 29.3 Å². The Kier molecular flexibility index (Phi) is 7.56. The SMILES string of the molecule is O=S(=O)(c1cc(-c2ccc(-c3ccccc3)cc2N2CCNC2)ccc1-c1cccc(C2CCCN2)c1)C1NCCN1. The van der Waals surface area contributed by atoms with Crippen molar-refractivity contribution in [2.24, 2.45) is 0 Å². The Balaban J connectivity index is 1.37. The minimum Gasteiger partial charge on any atom is -0.357 e. The molecule has 0 radical (unpaired) electrons.